The fourth-order valence-corrected chi connectivity index (χ4v) is 4.20. The summed E-state index contributed by atoms with van der Waals surface area (Å²) >= 11 is 0. The van der Waals surface area contributed by atoms with Gasteiger partial charge in [-0.15, -0.1) is 0 Å². The van der Waals surface area contributed by atoms with Crippen LogP contribution < -0.4 is 10.5 Å². The van der Waals surface area contributed by atoms with Crippen LogP contribution in [0.1, 0.15) is 44.1 Å². The number of amides is 2. The number of rotatable bonds is 4. The molecule has 2 amide bonds. The molecule has 2 N–H and O–H groups in total. The second-order valence-corrected chi connectivity index (χ2v) is 6.99. The van der Waals surface area contributed by atoms with E-state index >= 15 is 0 Å². The van der Waals surface area contributed by atoms with Gasteiger partial charge in [-0.3, -0.25) is 9.59 Å². The number of methoxy groups -OCH3 is 1. The van der Waals surface area contributed by atoms with Gasteiger partial charge < -0.3 is 15.4 Å². The van der Waals surface area contributed by atoms with E-state index in [0.29, 0.717) is 25.9 Å². The molecule has 1 aliphatic heterocycles. The summed E-state index contributed by atoms with van der Waals surface area (Å²) in [5.41, 5.74) is 6.02. The summed E-state index contributed by atoms with van der Waals surface area (Å²) in [6, 6.07) is 7.91. The van der Waals surface area contributed by atoms with Crippen molar-refractivity contribution in [1.82, 2.24) is 4.90 Å². The maximum atomic E-state index is 13.4. The largest absolute Gasteiger partial charge is 0.497 e. The average Bonchev–Trinajstić information content (AvgIpc) is 3.12. The standard InChI is InChI=1S/C19H26N2O3/c1-24-16-6-4-5-15(13-16)19(9-2-3-10-19)18(23)21-11-7-14(8-12-21)17(20)22/h4-6,13-14H,2-3,7-12H2,1H3,(H2,20,22). The molecular formula is C19H26N2O3. The Kier molecular flexibility index (Phi) is 4.78. The lowest BCUT2D eigenvalue weighted by molar-refractivity contribution is -0.140. The summed E-state index contributed by atoms with van der Waals surface area (Å²) in [6.45, 7) is 1.25. The van der Waals surface area contributed by atoms with Crippen molar-refractivity contribution in [3.05, 3.63) is 29.8 Å². The fraction of sp³-hybridized carbons (Fsp3) is 0.579. The molecule has 0 spiro atoms. The Morgan fingerprint density at radius 2 is 1.88 bits per heavy atom. The molecule has 1 aromatic rings. The second-order valence-electron chi connectivity index (χ2n) is 6.99. The highest BCUT2D eigenvalue weighted by molar-refractivity contribution is 5.89. The Bertz CT molecular complexity index is 615. The van der Waals surface area contributed by atoms with Gasteiger partial charge in [-0.25, -0.2) is 0 Å². The van der Waals surface area contributed by atoms with Gasteiger partial charge in [0.15, 0.2) is 0 Å². The number of benzene rings is 1. The molecule has 1 heterocycles. The minimum absolute atomic E-state index is 0.0922. The molecule has 0 bridgehead atoms. The predicted molar refractivity (Wildman–Crippen MR) is 91.6 cm³/mol. The third-order valence-electron chi connectivity index (χ3n) is 5.67. The number of ether oxygens (including phenoxy) is 1. The van der Waals surface area contributed by atoms with Crippen LogP contribution in [0, 0.1) is 5.92 Å². The monoisotopic (exact) mass is 330 g/mol. The number of piperidine rings is 1. The van der Waals surface area contributed by atoms with Crippen molar-refractivity contribution >= 4 is 11.8 Å². The molecule has 1 aliphatic carbocycles. The Balaban J connectivity index is 1.83. The SMILES string of the molecule is COc1cccc(C2(C(=O)N3CCC(C(N)=O)CC3)CCCC2)c1. The van der Waals surface area contributed by atoms with Gasteiger partial charge >= 0.3 is 0 Å². The first-order chi connectivity index (χ1) is 11.6. The van der Waals surface area contributed by atoms with Crippen LogP contribution in [0.15, 0.2) is 24.3 Å². The molecule has 1 saturated heterocycles. The highest BCUT2D eigenvalue weighted by atomic mass is 16.5. The molecule has 2 fully saturated rings. The van der Waals surface area contributed by atoms with Crippen LogP contribution in [-0.2, 0) is 15.0 Å². The number of nitrogens with two attached hydrogens (primary N) is 1. The van der Waals surface area contributed by atoms with E-state index in [1.54, 1.807) is 7.11 Å². The number of primary amides is 1. The van der Waals surface area contributed by atoms with Crippen molar-refractivity contribution in [1.29, 1.82) is 0 Å². The second kappa shape index (κ2) is 6.83. The number of carbonyl (C=O) groups excluding carboxylic acids is 2. The summed E-state index contributed by atoms with van der Waals surface area (Å²) in [5, 5.41) is 0. The third kappa shape index (κ3) is 2.99. The van der Waals surface area contributed by atoms with Gasteiger partial charge in [-0.1, -0.05) is 25.0 Å². The Labute approximate surface area is 143 Å². The summed E-state index contributed by atoms with van der Waals surface area (Å²) in [4.78, 5) is 26.6. The van der Waals surface area contributed by atoms with Gasteiger partial charge in [0.25, 0.3) is 0 Å². The molecule has 130 valence electrons. The molecule has 5 nitrogen and oxygen atoms in total. The van der Waals surface area contributed by atoms with E-state index in [9.17, 15) is 9.59 Å². The van der Waals surface area contributed by atoms with Crippen molar-refractivity contribution in [3.63, 3.8) is 0 Å². The van der Waals surface area contributed by atoms with Crippen LogP contribution in [0.5, 0.6) is 5.75 Å². The zero-order valence-electron chi connectivity index (χ0n) is 14.3. The minimum atomic E-state index is -0.436. The quantitative estimate of drug-likeness (QED) is 0.920. The van der Waals surface area contributed by atoms with E-state index in [4.69, 9.17) is 10.5 Å². The summed E-state index contributed by atoms with van der Waals surface area (Å²) < 4.78 is 5.35. The first-order valence-corrected chi connectivity index (χ1v) is 8.80. The third-order valence-corrected chi connectivity index (χ3v) is 5.67. The van der Waals surface area contributed by atoms with E-state index in [0.717, 1.165) is 37.0 Å². The highest BCUT2D eigenvalue weighted by Gasteiger charge is 2.45. The number of hydrogen-bond acceptors (Lipinski definition) is 3. The molecule has 3 rings (SSSR count). The van der Waals surface area contributed by atoms with Crippen molar-refractivity contribution in [2.45, 2.75) is 43.9 Å². The van der Waals surface area contributed by atoms with Gasteiger partial charge in [-0.2, -0.15) is 0 Å². The molecule has 24 heavy (non-hydrogen) atoms. The fourth-order valence-electron chi connectivity index (χ4n) is 4.20. The first-order valence-electron chi connectivity index (χ1n) is 8.80. The van der Waals surface area contributed by atoms with Crippen molar-refractivity contribution < 1.29 is 14.3 Å². The lowest BCUT2D eigenvalue weighted by atomic mass is 9.77. The summed E-state index contributed by atoms with van der Waals surface area (Å²) in [5.74, 6) is 0.658. The van der Waals surface area contributed by atoms with Crippen LogP contribution in [0.25, 0.3) is 0 Å². The first kappa shape index (κ1) is 16.8. The average molecular weight is 330 g/mol. The van der Waals surface area contributed by atoms with E-state index in [1.807, 2.05) is 29.2 Å². The van der Waals surface area contributed by atoms with Crippen molar-refractivity contribution in [2.75, 3.05) is 20.2 Å². The molecule has 1 saturated carbocycles. The van der Waals surface area contributed by atoms with Gasteiger partial charge in [0, 0.05) is 19.0 Å². The van der Waals surface area contributed by atoms with Gasteiger partial charge in [0.2, 0.25) is 11.8 Å². The van der Waals surface area contributed by atoms with E-state index in [-0.39, 0.29) is 17.7 Å². The molecule has 0 unspecified atom stereocenters. The molecular weight excluding hydrogens is 304 g/mol. The van der Waals surface area contributed by atoms with Crippen LogP contribution in [0.2, 0.25) is 0 Å². The topological polar surface area (TPSA) is 72.6 Å². The highest BCUT2D eigenvalue weighted by Crippen LogP contribution is 2.44. The smallest absolute Gasteiger partial charge is 0.233 e. The molecule has 0 aromatic heterocycles. The maximum absolute atomic E-state index is 13.4. The molecule has 2 aliphatic rings. The number of nitrogens with zero attached hydrogens (tertiary/aromatic N) is 1. The maximum Gasteiger partial charge on any atom is 0.233 e. The lowest BCUT2D eigenvalue weighted by Crippen LogP contribution is -2.49. The zero-order chi connectivity index (χ0) is 17.2. The van der Waals surface area contributed by atoms with Crippen molar-refractivity contribution in [3.8, 4) is 5.75 Å². The number of carbonyl (C=O) groups is 2. The number of likely N-dealkylation sites (tertiary alicyclic amines) is 1. The van der Waals surface area contributed by atoms with E-state index in [1.165, 1.54) is 0 Å². The Hall–Kier alpha value is -2.04. The normalized spacial score (nSPS) is 20.8. The minimum Gasteiger partial charge on any atom is -0.497 e. The molecule has 0 radical (unpaired) electrons. The molecule has 0 atom stereocenters. The Morgan fingerprint density at radius 1 is 1.21 bits per heavy atom. The number of hydrogen-bond donors (Lipinski definition) is 1. The van der Waals surface area contributed by atoms with E-state index in [2.05, 4.69) is 0 Å². The summed E-state index contributed by atoms with van der Waals surface area (Å²) in [7, 11) is 1.65. The molecule has 5 heteroatoms. The molecule has 1 aromatic carbocycles. The predicted octanol–water partition coefficient (Wildman–Crippen LogP) is 2.23. The Morgan fingerprint density at radius 3 is 2.46 bits per heavy atom. The van der Waals surface area contributed by atoms with Crippen LogP contribution in [-0.4, -0.2) is 36.9 Å². The van der Waals surface area contributed by atoms with Crippen LogP contribution in [0.4, 0.5) is 0 Å². The van der Waals surface area contributed by atoms with E-state index < -0.39 is 5.41 Å². The van der Waals surface area contributed by atoms with Gasteiger partial charge in [0.1, 0.15) is 5.75 Å². The van der Waals surface area contributed by atoms with Gasteiger partial charge in [0.05, 0.1) is 12.5 Å². The zero-order valence-corrected chi connectivity index (χ0v) is 14.3. The summed E-state index contributed by atoms with van der Waals surface area (Å²) in [6.07, 6.45) is 5.26. The van der Waals surface area contributed by atoms with Crippen molar-refractivity contribution in [2.24, 2.45) is 11.7 Å². The van der Waals surface area contributed by atoms with Gasteiger partial charge in [-0.05, 0) is 43.4 Å². The van der Waals surface area contributed by atoms with Crippen LogP contribution in [0.3, 0.4) is 0 Å². The van der Waals surface area contributed by atoms with Crippen LogP contribution >= 0.6 is 0 Å². The lowest BCUT2D eigenvalue weighted by Gasteiger charge is -2.38.